The highest BCUT2D eigenvalue weighted by atomic mass is 35.5. The van der Waals surface area contributed by atoms with Crippen molar-refractivity contribution in [1.82, 2.24) is 4.90 Å². The molecule has 40 heavy (non-hydrogen) atoms. The van der Waals surface area contributed by atoms with Gasteiger partial charge in [-0.1, -0.05) is 103 Å². The first-order chi connectivity index (χ1) is 18.6. The first kappa shape index (κ1) is 40.8. The van der Waals surface area contributed by atoms with Gasteiger partial charge in [0.25, 0.3) is 0 Å². The molecule has 0 fully saturated rings. The number of ether oxygens (including phenoxy) is 3. The van der Waals surface area contributed by atoms with E-state index in [0.29, 0.717) is 17.6 Å². The van der Waals surface area contributed by atoms with Gasteiger partial charge in [-0.05, 0) is 6.42 Å². The molecular weight excluding hydrogens is 532 g/mol. The lowest BCUT2D eigenvalue weighted by molar-refractivity contribution is -0.869. The molecule has 1 unspecified atom stereocenters. The zero-order chi connectivity index (χ0) is 29.4. The third-order valence-corrected chi connectivity index (χ3v) is 6.77. The average Bonchev–Trinajstić information content (AvgIpc) is 2.85. The number of nitrogens with zero attached hydrogens (tertiary/aromatic N) is 2. The van der Waals surface area contributed by atoms with Crippen LogP contribution in [0.15, 0.2) is 0 Å². The minimum Gasteiger partial charge on any atom is -1.00 e. The smallest absolute Gasteiger partial charge is 0.416 e. The number of likely N-dealkylation sites (N-methyl/N-ethyl adjacent to an activating group) is 1. The Morgan fingerprint density at radius 1 is 0.700 bits per heavy atom. The largest absolute Gasteiger partial charge is 1.00 e. The van der Waals surface area contributed by atoms with E-state index < -0.39 is 18.2 Å². The van der Waals surface area contributed by atoms with Crippen molar-refractivity contribution in [3.05, 3.63) is 0 Å². The molecule has 8 nitrogen and oxygen atoms in total. The Morgan fingerprint density at radius 3 is 1.55 bits per heavy atom. The summed E-state index contributed by atoms with van der Waals surface area (Å²) in [6, 6.07) is 0. The highest BCUT2D eigenvalue weighted by Gasteiger charge is 2.24. The molecule has 0 aromatic heterocycles. The van der Waals surface area contributed by atoms with Gasteiger partial charge < -0.3 is 31.1 Å². The monoisotopic (exact) mass is 592 g/mol. The summed E-state index contributed by atoms with van der Waals surface area (Å²) in [5.41, 5.74) is 0. The lowest BCUT2D eigenvalue weighted by Gasteiger charge is -2.27. The van der Waals surface area contributed by atoms with Gasteiger partial charge in [-0.15, -0.1) is 0 Å². The van der Waals surface area contributed by atoms with Crippen LogP contribution >= 0.6 is 0 Å². The number of imide groups is 1. The molecule has 0 aromatic carbocycles. The number of unbranched alkanes of at least 4 members (excludes halogenated alkanes) is 15. The first-order valence-electron chi connectivity index (χ1n) is 15.6. The highest BCUT2D eigenvalue weighted by Crippen LogP contribution is 2.14. The molecule has 0 bridgehead atoms. The van der Waals surface area contributed by atoms with Crippen LogP contribution in [0.3, 0.4) is 0 Å². The van der Waals surface area contributed by atoms with Crippen LogP contribution in [-0.4, -0.2) is 87.5 Å². The molecule has 0 spiro atoms. The summed E-state index contributed by atoms with van der Waals surface area (Å²) in [4.78, 5) is 36.9. The van der Waals surface area contributed by atoms with Crippen molar-refractivity contribution in [2.75, 3.05) is 54.1 Å². The number of carbonyl (C=O) groups is 3. The number of halogens is 1. The van der Waals surface area contributed by atoms with Crippen LogP contribution in [0, 0.1) is 0 Å². The molecule has 0 aliphatic rings. The van der Waals surface area contributed by atoms with E-state index in [-0.39, 0.29) is 38.1 Å². The van der Waals surface area contributed by atoms with Crippen LogP contribution in [0.5, 0.6) is 0 Å². The maximum absolute atomic E-state index is 12.4. The van der Waals surface area contributed by atoms with E-state index in [1.165, 1.54) is 104 Å². The minimum atomic E-state index is -0.731. The van der Waals surface area contributed by atoms with Gasteiger partial charge in [-0.2, -0.15) is 0 Å². The van der Waals surface area contributed by atoms with Crippen molar-refractivity contribution in [3.8, 4) is 0 Å². The Hall–Kier alpha value is -1.38. The number of hydrogen-bond donors (Lipinski definition) is 0. The molecule has 0 aromatic rings. The van der Waals surface area contributed by atoms with Crippen molar-refractivity contribution >= 4 is 18.0 Å². The highest BCUT2D eigenvalue weighted by molar-refractivity contribution is 5.90. The Labute approximate surface area is 251 Å². The van der Waals surface area contributed by atoms with E-state index in [4.69, 9.17) is 14.2 Å². The standard InChI is InChI=1S/C31H61N2O6.ClH/c1-7-8-9-10-11-12-13-14-15-16-17-18-19-20-21-22-25-37-26-30(39-29(3)35)27-38-31(36)32(28(2)34)23-24-33(4,5)6;/h30H,7-27H2,1-6H3;1H/q+1;/p-1. The molecule has 1 atom stereocenters. The summed E-state index contributed by atoms with van der Waals surface area (Å²) >= 11 is 0. The predicted molar refractivity (Wildman–Crippen MR) is 158 cm³/mol. The second-order valence-corrected chi connectivity index (χ2v) is 11.9. The van der Waals surface area contributed by atoms with E-state index in [0.717, 1.165) is 17.7 Å². The zero-order valence-electron chi connectivity index (χ0n) is 26.6. The van der Waals surface area contributed by atoms with Crippen LogP contribution in [-0.2, 0) is 23.8 Å². The molecule has 0 saturated carbocycles. The summed E-state index contributed by atoms with van der Waals surface area (Å²) in [5, 5.41) is 0. The zero-order valence-corrected chi connectivity index (χ0v) is 27.4. The molecule has 9 heteroatoms. The summed E-state index contributed by atoms with van der Waals surface area (Å²) in [6.45, 7) is 6.36. The van der Waals surface area contributed by atoms with E-state index in [1.54, 1.807) is 0 Å². The quantitative estimate of drug-likeness (QED) is 0.0909. The molecule has 0 aliphatic heterocycles. The number of quaternary nitrogens is 1. The van der Waals surface area contributed by atoms with E-state index in [2.05, 4.69) is 6.92 Å². The van der Waals surface area contributed by atoms with Gasteiger partial charge in [0.1, 0.15) is 6.61 Å². The van der Waals surface area contributed by atoms with Gasteiger partial charge in [0.05, 0.1) is 40.8 Å². The van der Waals surface area contributed by atoms with Crippen LogP contribution < -0.4 is 12.4 Å². The van der Waals surface area contributed by atoms with Gasteiger partial charge in [-0.25, -0.2) is 9.69 Å². The summed E-state index contributed by atoms with van der Waals surface area (Å²) in [5.74, 6) is -0.840. The van der Waals surface area contributed by atoms with Crippen LogP contribution in [0.4, 0.5) is 4.79 Å². The number of esters is 1. The van der Waals surface area contributed by atoms with Crippen molar-refractivity contribution in [1.29, 1.82) is 0 Å². The van der Waals surface area contributed by atoms with E-state index in [1.807, 2.05) is 21.1 Å². The normalized spacial score (nSPS) is 11.9. The average molecular weight is 593 g/mol. The molecule has 0 rings (SSSR count). The summed E-state index contributed by atoms with van der Waals surface area (Å²) < 4.78 is 16.8. The lowest BCUT2D eigenvalue weighted by Crippen LogP contribution is -3.00. The number of carbonyl (C=O) groups excluding carboxylic acids is 3. The van der Waals surface area contributed by atoms with Crippen molar-refractivity contribution in [3.63, 3.8) is 0 Å². The molecule has 2 amide bonds. The molecule has 238 valence electrons. The van der Waals surface area contributed by atoms with Gasteiger partial charge in [0, 0.05) is 20.5 Å². The molecule has 0 saturated heterocycles. The molecule has 0 aliphatic carbocycles. The molecule has 0 radical (unpaired) electrons. The Balaban J connectivity index is 0. The fourth-order valence-electron chi connectivity index (χ4n) is 4.34. The second kappa shape index (κ2) is 26.5. The third kappa shape index (κ3) is 26.8. The second-order valence-electron chi connectivity index (χ2n) is 11.9. The van der Waals surface area contributed by atoms with Crippen molar-refractivity contribution in [2.45, 2.75) is 130 Å². The third-order valence-electron chi connectivity index (χ3n) is 6.77. The number of hydrogen-bond acceptors (Lipinski definition) is 6. The maximum Gasteiger partial charge on any atom is 0.416 e. The molecular formula is C31H61ClN2O6. The number of amides is 2. The summed E-state index contributed by atoms with van der Waals surface area (Å²) in [7, 11) is 5.95. The number of rotatable bonds is 25. The van der Waals surface area contributed by atoms with E-state index in [9.17, 15) is 14.4 Å². The SMILES string of the molecule is CCCCCCCCCCCCCCCCCCOCC(COC(=O)N(CC[N+](C)(C)C)C(C)=O)OC(C)=O.[Cl-]. The Bertz CT molecular complexity index is 642. The lowest BCUT2D eigenvalue weighted by atomic mass is 10.0. The fraction of sp³-hybridized carbons (Fsp3) is 0.903. The van der Waals surface area contributed by atoms with Gasteiger partial charge in [-0.3, -0.25) is 9.59 Å². The first-order valence-corrected chi connectivity index (χ1v) is 15.6. The van der Waals surface area contributed by atoms with Crippen LogP contribution in [0.1, 0.15) is 124 Å². The maximum atomic E-state index is 12.4. The fourth-order valence-corrected chi connectivity index (χ4v) is 4.34. The predicted octanol–water partition coefficient (Wildman–Crippen LogP) is 3.89. The van der Waals surface area contributed by atoms with Gasteiger partial charge in [0.15, 0.2) is 6.10 Å². The van der Waals surface area contributed by atoms with Gasteiger partial charge in [0.2, 0.25) is 5.91 Å². The Kier molecular flexibility index (Phi) is 27.0. The summed E-state index contributed by atoms with van der Waals surface area (Å²) in [6.07, 6.45) is 19.7. The topological polar surface area (TPSA) is 82.1 Å². The Morgan fingerprint density at radius 2 is 1.15 bits per heavy atom. The molecule has 0 heterocycles. The van der Waals surface area contributed by atoms with Gasteiger partial charge >= 0.3 is 12.1 Å². The van der Waals surface area contributed by atoms with E-state index >= 15 is 0 Å². The van der Waals surface area contributed by atoms with Crippen LogP contribution in [0.2, 0.25) is 0 Å². The van der Waals surface area contributed by atoms with Crippen LogP contribution in [0.25, 0.3) is 0 Å². The molecule has 0 N–H and O–H groups in total. The van der Waals surface area contributed by atoms with Crippen molar-refractivity contribution in [2.24, 2.45) is 0 Å². The van der Waals surface area contributed by atoms with Crippen molar-refractivity contribution < 1.29 is 45.5 Å². The minimum absolute atomic E-state index is 0.